The molecule has 3 rings (SSSR count). The third-order valence-corrected chi connectivity index (χ3v) is 4.63. The smallest absolute Gasteiger partial charge is 0.342 e. The molecule has 3 aromatic carbocycles. The first kappa shape index (κ1) is 19.4. The van der Waals surface area contributed by atoms with Gasteiger partial charge in [0.1, 0.15) is 11.3 Å². The van der Waals surface area contributed by atoms with E-state index in [1.54, 1.807) is 12.1 Å². The standard InChI is InChI=1S/C23H23NO4/c1-4-16-11-7-8-15(2)22(16)24-21(25)14-28-23(26)19-12-17-9-5-6-10-18(17)13-20(19)27-3/h5-13H,4,14H2,1-3H3,(H,24,25). The predicted octanol–water partition coefficient (Wildman–Crippen LogP) is 4.51. The van der Waals surface area contributed by atoms with Crippen LogP contribution in [0.4, 0.5) is 5.69 Å². The van der Waals surface area contributed by atoms with E-state index in [1.165, 1.54) is 7.11 Å². The number of hydrogen-bond donors (Lipinski definition) is 1. The quantitative estimate of drug-likeness (QED) is 0.642. The fourth-order valence-corrected chi connectivity index (χ4v) is 3.13. The van der Waals surface area contributed by atoms with Gasteiger partial charge in [0.25, 0.3) is 5.91 Å². The summed E-state index contributed by atoms with van der Waals surface area (Å²) < 4.78 is 10.6. The van der Waals surface area contributed by atoms with Gasteiger partial charge in [-0.25, -0.2) is 4.79 Å². The molecule has 0 spiro atoms. The van der Waals surface area contributed by atoms with Crippen LogP contribution in [0.3, 0.4) is 0 Å². The van der Waals surface area contributed by atoms with Crippen molar-refractivity contribution in [2.45, 2.75) is 20.3 Å². The van der Waals surface area contributed by atoms with Gasteiger partial charge in [-0.1, -0.05) is 49.4 Å². The molecule has 0 fully saturated rings. The number of nitrogens with one attached hydrogen (secondary N) is 1. The fourth-order valence-electron chi connectivity index (χ4n) is 3.13. The molecular weight excluding hydrogens is 354 g/mol. The Kier molecular flexibility index (Phi) is 5.94. The number of para-hydroxylation sites is 1. The normalized spacial score (nSPS) is 10.5. The Morgan fingerprint density at radius 1 is 1.00 bits per heavy atom. The van der Waals surface area contributed by atoms with Crippen molar-refractivity contribution in [3.63, 3.8) is 0 Å². The molecule has 5 nitrogen and oxygen atoms in total. The summed E-state index contributed by atoms with van der Waals surface area (Å²) >= 11 is 0. The molecule has 0 atom stereocenters. The second-order valence-corrected chi connectivity index (χ2v) is 6.49. The summed E-state index contributed by atoms with van der Waals surface area (Å²) in [5.41, 5.74) is 3.07. The molecule has 0 saturated heterocycles. The van der Waals surface area contributed by atoms with Crippen LogP contribution in [-0.4, -0.2) is 25.6 Å². The maximum Gasteiger partial charge on any atom is 0.342 e. The molecule has 1 amide bonds. The summed E-state index contributed by atoms with van der Waals surface area (Å²) in [6.45, 7) is 3.59. The minimum absolute atomic E-state index is 0.291. The number of aryl methyl sites for hydroxylation is 2. The monoisotopic (exact) mass is 377 g/mol. The molecule has 0 aliphatic rings. The highest BCUT2D eigenvalue weighted by atomic mass is 16.5. The van der Waals surface area contributed by atoms with Crippen LogP contribution >= 0.6 is 0 Å². The van der Waals surface area contributed by atoms with Gasteiger partial charge in [0.15, 0.2) is 6.61 Å². The zero-order chi connectivity index (χ0) is 20.1. The lowest BCUT2D eigenvalue weighted by molar-refractivity contribution is -0.119. The molecule has 3 aromatic rings. The fraction of sp³-hybridized carbons (Fsp3) is 0.217. The number of fused-ring (bicyclic) bond motifs is 1. The molecule has 0 aromatic heterocycles. The van der Waals surface area contributed by atoms with Crippen molar-refractivity contribution >= 4 is 28.3 Å². The number of amides is 1. The SMILES string of the molecule is CCc1cccc(C)c1NC(=O)COC(=O)c1cc2ccccc2cc1OC. The van der Waals surface area contributed by atoms with Crippen molar-refractivity contribution in [2.24, 2.45) is 0 Å². The Hall–Kier alpha value is -3.34. The van der Waals surface area contributed by atoms with E-state index in [0.29, 0.717) is 11.3 Å². The third-order valence-electron chi connectivity index (χ3n) is 4.63. The van der Waals surface area contributed by atoms with Crippen molar-refractivity contribution < 1.29 is 19.1 Å². The van der Waals surface area contributed by atoms with Crippen LogP contribution in [0.5, 0.6) is 5.75 Å². The Balaban J connectivity index is 1.72. The van der Waals surface area contributed by atoms with Gasteiger partial charge in [-0.15, -0.1) is 0 Å². The average molecular weight is 377 g/mol. The Morgan fingerprint density at radius 2 is 1.71 bits per heavy atom. The Labute approximate surface area is 164 Å². The highest BCUT2D eigenvalue weighted by Gasteiger charge is 2.17. The van der Waals surface area contributed by atoms with E-state index in [2.05, 4.69) is 5.32 Å². The molecule has 0 unspecified atom stereocenters. The number of carbonyl (C=O) groups is 2. The molecular formula is C23H23NO4. The van der Waals surface area contributed by atoms with Crippen LogP contribution in [0.2, 0.25) is 0 Å². The van der Waals surface area contributed by atoms with Crippen molar-refractivity contribution in [3.05, 3.63) is 71.3 Å². The summed E-state index contributed by atoms with van der Waals surface area (Å²) in [7, 11) is 1.50. The summed E-state index contributed by atoms with van der Waals surface area (Å²) in [4.78, 5) is 24.8. The molecule has 0 bridgehead atoms. The number of carbonyl (C=O) groups excluding carboxylic acids is 2. The highest BCUT2D eigenvalue weighted by Crippen LogP contribution is 2.26. The largest absolute Gasteiger partial charge is 0.496 e. The molecule has 0 aliphatic carbocycles. The number of ether oxygens (including phenoxy) is 2. The third kappa shape index (κ3) is 4.14. The first-order chi connectivity index (χ1) is 13.5. The van der Waals surface area contributed by atoms with E-state index in [9.17, 15) is 9.59 Å². The van der Waals surface area contributed by atoms with Crippen LogP contribution in [0.25, 0.3) is 10.8 Å². The van der Waals surface area contributed by atoms with Crippen molar-refractivity contribution in [3.8, 4) is 5.75 Å². The van der Waals surface area contributed by atoms with E-state index >= 15 is 0 Å². The maximum absolute atomic E-state index is 12.5. The van der Waals surface area contributed by atoms with Crippen LogP contribution < -0.4 is 10.1 Å². The van der Waals surface area contributed by atoms with E-state index in [-0.39, 0.29) is 12.5 Å². The molecule has 28 heavy (non-hydrogen) atoms. The minimum Gasteiger partial charge on any atom is -0.496 e. The summed E-state index contributed by atoms with van der Waals surface area (Å²) in [5.74, 6) is -0.563. The number of anilines is 1. The molecule has 0 heterocycles. The van der Waals surface area contributed by atoms with Gasteiger partial charge in [-0.3, -0.25) is 4.79 Å². The minimum atomic E-state index is -0.599. The number of benzene rings is 3. The van der Waals surface area contributed by atoms with Gasteiger partial charge in [-0.05, 0) is 47.4 Å². The van der Waals surface area contributed by atoms with Crippen molar-refractivity contribution in [1.29, 1.82) is 0 Å². The lowest BCUT2D eigenvalue weighted by Crippen LogP contribution is -2.22. The predicted molar refractivity (Wildman–Crippen MR) is 110 cm³/mol. The lowest BCUT2D eigenvalue weighted by atomic mass is 10.1. The first-order valence-electron chi connectivity index (χ1n) is 9.15. The van der Waals surface area contributed by atoms with E-state index in [0.717, 1.165) is 34.0 Å². The summed E-state index contributed by atoms with van der Waals surface area (Å²) in [5, 5.41) is 4.70. The average Bonchev–Trinajstić information content (AvgIpc) is 2.72. The molecule has 1 N–H and O–H groups in total. The molecule has 144 valence electrons. The van der Waals surface area contributed by atoms with Crippen LogP contribution in [0.1, 0.15) is 28.4 Å². The van der Waals surface area contributed by atoms with Gasteiger partial charge in [-0.2, -0.15) is 0 Å². The Morgan fingerprint density at radius 3 is 2.39 bits per heavy atom. The van der Waals surface area contributed by atoms with Gasteiger partial charge < -0.3 is 14.8 Å². The van der Waals surface area contributed by atoms with Gasteiger partial charge >= 0.3 is 5.97 Å². The van der Waals surface area contributed by atoms with Crippen LogP contribution in [0, 0.1) is 6.92 Å². The van der Waals surface area contributed by atoms with Crippen LogP contribution in [-0.2, 0) is 16.0 Å². The second kappa shape index (κ2) is 8.57. The summed E-state index contributed by atoms with van der Waals surface area (Å²) in [6, 6.07) is 17.0. The number of methoxy groups -OCH3 is 1. The molecule has 0 saturated carbocycles. The summed E-state index contributed by atoms with van der Waals surface area (Å²) in [6.07, 6.45) is 0.797. The van der Waals surface area contributed by atoms with E-state index in [4.69, 9.17) is 9.47 Å². The number of rotatable bonds is 6. The van der Waals surface area contributed by atoms with Gasteiger partial charge in [0.05, 0.1) is 7.11 Å². The number of esters is 1. The topological polar surface area (TPSA) is 64.6 Å². The zero-order valence-corrected chi connectivity index (χ0v) is 16.2. The van der Waals surface area contributed by atoms with Crippen LogP contribution in [0.15, 0.2) is 54.6 Å². The first-order valence-corrected chi connectivity index (χ1v) is 9.15. The number of hydrogen-bond acceptors (Lipinski definition) is 4. The van der Waals surface area contributed by atoms with Crippen molar-refractivity contribution in [1.82, 2.24) is 0 Å². The zero-order valence-electron chi connectivity index (χ0n) is 16.2. The van der Waals surface area contributed by atoms with E-state index in [1.807, 2.05) is 56.3 Å². The molecule has 0 aliphatic heterocycles. The van der Waals surface area contributed by atoms with Gasteiger partial charge in [0.2, 0.25) is 0 Å². The Bertz CT molecular complexity index is 1030. The second-order valence-electron chi connectivity index (χ2n) is 6.49. The maximum atomic E-state index is 12.5. The molecule has 5 heteroatoms. The lowest BCUT2D eigenvalue weighted by Gasteiger charge is -2.14. The van der Waals surface area contributed by atoms with E-state index < -0.39 is 5.97 Å². The van der Waals surface area contributed by atoms with Gasteiger partial charge in [0, 0.05) is 5.69 Å². The highest BCUT2D eigenvalue weighted by molar-refractivity contribution is 6.00. The molecule has 0 radical (unpaired) electrons. The van der Waals surface area contributed by atoms with Crippen molar-refractivity contribution in [2.75, 3.05) is 19.0 Å².